The van der Waals surface area contributed by atoms with Crippen LogP contribution in [0.4, 0.5) is 10.5 Å². The first-order valence-corrected chi connectivity index (χ1v) is 10.8. The molecule has 0 radical (unpaired) electrons. The summed E-state index contributed by atoms with van der Waals surface area (Å²) >= 11 is 0. The summed E-state index contributed by atoms with van der Waals surface area (Å²) in [5.74, 6) is 1.36. The van der Waals surface area contributed by atoms with Gasteiger partial charge in [-0.3, -0.25) is 9.36 Å². The molecule has 0 saturated heterocycles. The maximum Gasteiger partial charge on any atom is 0.322 e. The Kier molecular flexibility index (Phi) is 7.28. The van der Waals surface area contributed by atoms with Crippen molar-refractivity contribution in [3.05, 3.63) is 64.7 Å². The fraction of sp³-hybridized carbons (Fsp3) is 0.375. The van der Waals surface area contributed by atoms with E-state index in [2.05, 4.69) is 5.32 Å². The number of ether oxygens (including phenoxy) is 1. The Hall–Kier alpha value is -3.35. The summed E-state index contributed by atoms with van der Waals surface area (Å²) in [6.45, 7) is 9.33. The van der Waals surface area contributed by atoms with Crippen LogP contribution in [0.3, 0.4) is 0 Å². The number of benzene rings is 2. The highest BCUT2D eigenvalue weighted by Crippen LogP contribution is 2.25. The summed E-state index contributed by atoms with van der Waals surface area (Å²) < 4.78 is 7.13. The van der Waals surface area contributed by atoms with Crippen LogP contribution >= 0.6 is 0 Å². The quantitative estimate of drug-likeness (QED) is 0.565. The summed E-state index contributed by atoms with van der Waals surface area (Å²) in [7, 11) is 0. The van der Waals surface area contributed by atoms with E-state index in [1.165, 1.54) is 0 Å². The van der Waals surface area contributed by atoms with E-state index in [-0.39, 0.29) is 17.6 Å². The van der Waals surface area contributed by atoms with Gasteiger partial charge in [0.1, 0.15) is 11.6 Å². The smallest absolute Gasteiger partial charge is 0.322 e. The number of aromatic nitrogens is 2. The van der Waals surface area contributed by atoms with Gasteiger partial charge in [0.25, 0.3) is 5.56 Å². The summed E-state index contributed by atoms with van der Waals surface area (Å²) in [5.41, 5.74) is 1.25. The van der Waals surface area contributed by atoms with Crippen LogP contribution in [0.1, 0.15) is 46.0 Å². The average molecular weight is 423 g/mol. The molecule has 164 valence electrons. The monoisotopic (exact) mass is 422 g/mol. The molecule has 1 heterocycles. The van der Waals surface area contributed by atoms with Crippen molar-refractivity contribution in [2.45, 2.75) is 46.7 Å². The van der Waals surface area contributed by atoms with E-state index in [9.17, 15) is 9.59 Å². The van der Waals surface area contributed by atoms with Gasteiger partial charge in [-0.05, 0) is 63.6 Å². The van der Waals surface area contributed by atoms with Crippen LogP contribution in [0.15, 0.2) is 53.3 Å². The Morgan fingerprint density at radius 2 is 1.81 bits per heavy atom. The standard InChI is InChI=1S/C24H30N4O3/c1-5-21(22-26-20-12-10-9-11-19(20)23(29)28(22)7-3)27(6-2)24(30)25-17-13-15-18(16-14-17)31-8-4/h9-16,21H,5-8H2,1-4H3,(H,25,30). The molecule has 3 rings (SSSR count). The maximum absolute atomic E-state index is 13.1. The topological polar surface area (TPSA) is 76.5 Å². The van der Waals surface area contributed by atoms with E-state index in [1.54, 1.807) is 15.5 Å². The van der Waals surface area contributed by atoms with Crippen LogP contribution in [0.2, 0.25) is 0 Å². The minimum Gasteiger partial charge on any atom is -0.494 e. The van der Waals surface area contributed by atoms with Gasteiger partial charge in [0.05, 0.1) is 23.6 Å². The molecular formula is C24H30N4O3. The number of nitrogens with one attached hydrogen (secondary N) is 1. The van der Waals surface area contributed by atoms with Crippen LogP contribution in [-0.2, 0) is 6.54 Å². The molecule has 31 heavy (non-hydrogen) atoms. The van der Waals surface area contributed by atoms with Crippen molar-refractivity contribution < 1.29 is 9.53 Å². The molecule has 7 nitrogen and oxygen atoms in total. The number of anilines is 1. The van der Waals surface area contributed by atoms with Gasteiger partial charge in [-0.15, -0.1) is 0 Å². The Morgan fingerprint density at radius 3 is 2.42 bits per heavy atom. The first-order chi connectivity index (χ1) is 15.0. The van der Waals surface area contributed by atoms with E-state index in [0.717, 1.165) is 5.75 Å². The minimum atomic E-state index is -0.329. The number of carbonyl (C=O) groups is 1. The lowest BCUT2D eigenvalue weighted by Crippen LogP contribution is -2.40. The van der Waals surface area contributed by atoms with Crippen molar-refractivity contribution in [1.82, 2.24) is 14.5 Å². The summed E-state index contributed by atoms with van der Waals surface area (Å²) in [6.07, 6.45) is 0.634. The lowest BCUT2D eigenvalue weighted by molar-refractivity contribution is 0.184. The fourth-order valence-electron chi connectivity index (χ4n) is 3.79. The number of rotatable bonds is 8. The highest BCUT2D eigenvalue weighted by molar-refractivity contribution is 5.89. The van der Waals surface area contributed by atoms with Crippen molar-refractivity contribution in [2.75, 3.05) is 18.5 Å². The van der Waals surface area contributed by atoms with Crippen LogP contribution in [0.25, 0.3) is 10.9 Å². The first-order valence-electron chi connectivity index (χ1n) is 10.8. The van der Waals surface area contributed by atoms with Crippen LogP contribution in [0.5, 0.6) is 5.75 Å². The molecule has 1 atom stereocenters. The second-order valence-corrected chi connectivity index (χ2v) is 7.13. The number of para-hydroxylation sites is 1. The number of fused-ring (bicyclic) bond motifs is 1. The largest absolute Gasteiger partial charge is 0.494 e. The van der Waals surface area contributed by atoms with Crippen LogP contribution < -0.4 is 15.6 Å². The number of hydrogen-bond acceptors (Lipinski definition) is 4. The van der Waals surface area contributed by atoms with E-state index in [4.69, 9.17) is 9.72 Å². The molecule has 0 aliphatic heterocycles. The van der Waals surface area contributed by atoms with Gasteiger partial charge >= 0.3 is 6.03 Å². The lowest BCUT2D eigenvalue weighted by Gasteiger charge is -2.31. The molecule has 0 spiro atoms. The lowest BCUT2D eigenvalue weighted by atomic mass is 10.1. The highest BCUT2D eigenvalue weighted by atomic mass is 16.5. The van der Waals surface area contributed by atoms with E-state index < -0.39 is 0 Å². The minimum absolute atomic E-state index is 0.0791. The van der Waals surface area contributed by atoms with E-state index >= 15 is 0 Å². The molecule has 0 saturated carbocycles. The number of urea groups is 1. The van der Waals surface area contributed by atoms with Gasteiger partial charge in [-0.2, -0.15) is 0 Å². The second kappa shape index (κ2) is 10.1. The Balaban J connectivity index is 1.94. The third-order valence-electron chi connectivity index (χ3n) is 5.29. The van der Waals surface area contributed by atoms with Gasteiger partial charge in [0, 0.05) is 18.8 Å². The Bertz CT molecular complexity index is 1090. The maximum atomic E-state index is 13.1. The zero-order valence-electron chi connectivity index (χ0n) is 18.6. The molecule has 1 aromatic heterocycles. The molecule has 1 unspecified atom stereocenters. The number of hydrogen-bond donors (Lipinski definition) is 1. The molecule has 7 heteroatoms. The summed E-state index contributed by atoms with van der Waals surface area (Å²) in [6, 6.07) is 14.0. The first kappa shape index (κ1) is 22.3. The number of amides is 2. The molecule has 1 N–H and O–H groups in total. The highest BCUT2D eigenvalue weighted by Gasteiger charge is 2.27. The van der Waals surface area contributed by atoms with Gasteiger partial charge < -0.3 is 15.0 Å². The molecule has 0 fully saturated rings. The summed E-state index contributed by atoms with van der Waals surface area (Å²) in [5, 5.41) is 3.54. The van der Waals surface area contributed by atoms with Gasteiger partial charge in [-0.1, -0.05) is 19.1 Å². The van der Waals surface area contributed by atoms with Gasteiger partial charge in [0.15, 0.2) is 0 Å². The van der Waals surface area contributed by atoms with Crippen molar-refractivity contribution in [3.63, 3.8) is 0 Å². The molecule has 2 aromatic carbocycles. The van der Waals surface area contributed by atoms with Gasteiger partial charge in [0.2, 0.25) is 0 Å². The van der Waals surface area contributed by atoms with Crippen molar-refractivity contribution >= 4 is 22.6 Å². The summed E-state index contributed by atoms with van der Waals surface area (Å²) in [4.78, 5) is 32.7. The van der Waals surface area contributed by atoms with E-state index in [0.29, 0.717) is 48.5 Å². The number of nitrogens with zero attached hydrogens (tertiary/aromatic N) is 3. The molecule has 0 aliphatic carbocycles. The van der Waals surface area contributed by atoms with Crippen LogP contribution in [-0.4, -0.2) is 33.6 Å². The molecule has 0 bridgehead atoms. The third-order valence-corrected chi connectivity index (χ3v) is 5.29. The number of carbonyl (C=O) groups excluding carboxylic acids is 1. The fourth-order valence-corrected chi connectivity index (χ4v) is 3.79. The third kappa shape index (κ3) is 4.71. The molecule has 2 amide bonds. The molecule has 0 aliphatic rings. The molecular weight excluding hydrogens is 392 g/mol. The average Bonchev–Trinajstić information content (AvgIpc) is 2.78. The SMILES string of the molecule is CCOc1ccc(NC(=O)N(CC)C(CC)c2nc3ccccc3c(=O)n2CC)cc1. The van der Waals surface area contributed by atoms with Crippen molar-refractivity contribution in [1.29, 1.82) is 0 Å². The van der Waals surface area contributed by atoms with Crippen molar-refractivity contribution in [3.8, 4) is 5.75 Å². The Morgan fingerprint density at radius 1 is 1.10 bits per heavy atom. The zero-order valence-corrected chi connectivity index (χ0v) is 18.6. The predicted molar refractivity (Wildman–Crippen MR) is 124 cm³/mol. The van der Waals surface area contributed by atoms with Crippen LogP contribution in [0, 0.1) is 0 Å². The molecule has 3 aromatic rings. The normalized spacial score (nSPS) is 11.9. The van der Waals surface area contributed by atoms with E-state index in [1.807, 2.05) is 70.2 Å². The van der Waals surface area contributed by atoms with Crippen molar-refractivity contribution in [2.24, 2.45) is 0 Å². The zero-order chi connectivity index (χ0) is 22.4. The van der Waals surface area contributed by atoms with Gasteiger partial charge in [-0.25, -0.2) is 9.78 Å². The predicted octanol–water partition coefficient (Wildman–Crippen LogP) is 4.82. The Labute approximate surface area is 182 Å². The second-order valence-electron chi connectivity index (χ2n) is 7.13.